The molecule has 1 saturated heterocycles. The van der Waals surface area contributed by atoms with E-state index >= 15 is 0 Å². The molecule has 2 heterocycles. The Balaban J connectivity index is 2.06. The van der Waals surface area contributed by atoms with Gasteiger partial charge in [-0.15, -0.1) is 0 Å². The van der Waals surface area contributed by atoms with E-state index in [4.69, 9.17) is 0 Å². The molecule has 1 aromatic heterocycles. The number of carbonyl (C=O) groups excluding carboxylic acids is 1. The van der Waals surface area contributed by atoms with Crippen molar-refractivity contribution in [3.8, 4) is 0 Å². The fourth-order valence-electron chi connectivity index (χ4n) is 2.64. The molecule has 0 radical (unpaired) electrons. The van der Waals surface area contributed by atoms with Gasteiger partial charge in [0.2, 0.25) is 5.91 Å². The van der Waals surface area contributed by atoms with E-state index in [0.29, 0.717) is 6.54 Å². The summed E-state index contributed by atoms with van der Waals surface area (Å²) in [6.45, 7) is 6.96. The van der Waals surface area contributed by atoms with Crippen molar-refractivity contribution in [2.45, 2.75) is 46.3 Å². The minimum Gasteiger partial charge on any atom is -0.393 e. The average Bonchev–Trinajstić information content (AvgIpc) is 2.65. The van der Waals surface area contributed by atoms with Gasteiger partial charge in [0.25, 0.3) is 0 Å². The van der Waals surface area contributed by atoms with Crippen molar-refractivity contribution in [1.29, 1.82) is 0 Å². The number of hydrogen-bond acceptors (Lipinski definition) is 4. The van der Waals surface area contributed by atoms with Gasteiger partial charge in [-0.05, 0) is 33.6 Å². The van der Waals surface area contributed by atoms with Crippen LogP contribution in [0.2, 0.25) is 0 Å². The zero-order valence-electron chi connectivity index (χ0n) is 12.3. The molecule has 1 N–H and O–H groups in total. The highest BCUT2D eigenvalue weighted by Gasteiger charge is 2.27. The predicted molar refractivity (Wildman–Crippen MR) is 79.0 cm³/mol. The van der Waals surface area contributed by atoms with Crippen LogP contribution in [0.5, 0.6) is 0 Å². The lowest BCUT2D eigenvalue weighted by molar-refractivity contribution is -0.134. The van der Waals surface area contributed by atoms with Gasteiger partial charge in [0.1, 0.15) is 6.54 Å². The normalized spacial score (nSPS) is 21.0. The quantitative estimate of drug-likeness (QED) is 0.910. The molecule has 1 aliphatic rings. The highest BCUT2D eigenvalue weighted by molar-refractivity contribution is 7.09. The summed E-state index contributed by atoms with van der Waals surface area (Å²) in [5.74, 6) is 0.119. The summed E-state index contributed by atoms with van der Waals surface area (Å²) in [5.41, 5.74) is 0.873. The van der Waals surface area contributed by atoms with Crippen LogP contribution >= 0.6 is 11.3 Å². The van der Waals surface area contributed by atoms with E-state index in [9.17, 15) is 14.7 Å². The van der Waals surface area contributed by atoms with Gasteiger partial charge >= 0.3 is 4.87 Å². The Kier molecular flexibility index (Phi) is 4.65. The van der Waals surface area contributed by atoms with E-state index in [1.54, 1.807) is 16.4 Å². The number of aliphatic hydroxyl groups excluding tert-OH is 1. The van der Waals surface area contributed by atoms with Gasteiger partial charge in [0.05, 0.1) is 6.10 Å². The van der Waals surface area contributed by atoms with Gasteiger partial charge in [-0.3, -0.25) is 14.2 Å². The van der Waals surface area contributed by atoms with E-state index in [-0.39, 0.29) is 23.2 Å². The van der Waals surface area contributed by atoms with Gasteiger partial charge in [0.15, 0.2) is 0 Å². The van der Waals surface area contributed by atoms with Crippen LogP contribution in [0.1, 0.15) is 30.3 Å². The largest absolute Gasteiger partial charge is 0.393 e. The topological polar surface area (TPSA) is 62.5 Å². The number of amides is 1. The Morgan fingerprint density at radius 1 is 1.50 bits per heavy atom. The van der Waals surface area contributed by atoms with Crippen LogP contribution < -0.4 is 4.87 Å². The number of hydrogen-bond donors (Lipinski definition) is 1. The Hall–Kier alpha value is -1.14. The van der Waals surface area contributed by atoms with Crippen molar-refractivity contribution >= 4 is 17.2 Å². The van der Waals surface area contributed by atoms with Crippen LogP contribution in [-0.2, 0) is 11.3 Å². The fourth-order valence-corrected chi connectivity index (χ4v) is 3.47. The number of aryl methyl sites for hydroxylation is 1. The van der Waals surface area contributed by atoms with Crippen LogP contribution in [0.25, 0.3) is 0 Å². The van der Waals surface area contributed by atoms with E-state index in [0.717, 1.165) is 30.0 Å². The van der Waals surface area contributed by atoms with Crippen LogP contribution in [0.4, 0.5) is 0 Å². The third kappa shape index (κ3) is 3.12. The lowest BCUT2D eigenvalue weighted by Gasteiger charge is -2.34. The number of aromatic nitrogens is 1. The molecular weight excluding hydrogens is 276 g/mol. The summed E-state index contributed by atoms with van der Waals surface area (Å²) in [6, 6.07) is 0. The first-order valence-electron chi connectivity index (χ1n) is 7.02. The molecule has 0 spiro atoms. The molecule has 20 heavy (non-hydrogen) atoms. The first kappa shape index (κ1) is 15.3. The fraction of sp³-hybridized carbons (Fsp3) is 0.714. The summed E-state index contributed by atoms with van der Waals surface area (Å²) >= 11 is 1.19. The maximum Gasteiger partial charge on any atom is 0.308 e. The molecule has 0 bridgehead atoms. The second kappa shape index (κ2) is 6.10. The molecule has 0 saturated carbocycles. The maximum absolute atomic E-state index is 12.3. The monoisotopic (exact) mass is 298 g/mol. The maximum atomic E-state index is 12.3. The number of carbonyl (C=O) groups is 1. The Bertz CT molecular complexity index is 547. The zero-order valence-corrected chi connectivity index (χ0v) is 13.1. The van der Waals surface area contributed by atoms with Gasteiger partial charge in [-0.1, -0.05) is 11.3 Å². The number of aliphatic hydroxyl groups is 1. The third-order valence-electron chi connectivity index (χ3n) is 4.16. The standard InChI is InChI=1S/C14H22N2O3S/c1-9-11(3)20-14(19)16(9)8-13(18)15-6-4-5-12(7-15)10(2)17/h10,12,17H,4-8H2,1-3H3. The number of nitrogens with zero attached hydrogens (tertiary/aromatic N) is 2. The van der Waals surface area contributed by atoms with Gasteiger partial charge < -0.3 is 10.0 Å². The van der Waals surface area contributed by atoms with Gasteiger partial charge in [-0.25, -0.2) is 0 Å². The molecule has 1 amide bonds. The van der Waals surface area contributed by atoms with E-state index in [1.165, 1.54) is 11.3 Å². The highest BCUT2D eigenvalue weighted by atomic mass is 32.1. The summed E-state index contributed by atoms with van der Waals surface area (Å²) in [7, 11) is 0. The van der Waals surface area contributed by atoms with Crippen LogP contribution in [0.3, 0.4) is 0 Å². The molecule has 112 valence electrons. The van der Waals surface area contributed by atoms with Crippen LogP contribution in [0.15, 0.2) is 4.79 Å². The van der Waals surface area contributed by atoms with Crippen molar-refractivity contribution in [2.24, 2.45) is 5.92 Å². The second-order valence-corrected chi connectivity index (χ2v) is 6.74. The highest BCUT2D eigenvalue weighted by Crippen LogP contribution is 2.20. The van der Waals surface area contributed by atoms with E-state index in [2.05, 4.69) is 0 Å². The number of thiazole rings is 1. The SMILES string of the molecule is Cc1sc(=O)n(CC(=O)N2CCCC(C(C)O)C2)c1C. The lowest BCUT2D eigenvalue weighted by Crippen LogP contribution is -2.44. The Morgan fingerprint density at radius 3 is 2.75 bits per heavy atom. The summed E-state index contributed by atoms with van der Waals surface area (Å²) < 4.78 is 1.55. The molecular formula is C14H22N2O3S. The van der Waals surface area contributed by atoms with Gasteiger partial charge in [-0.2, -0.15) is 0 Å². The van der Waals surface area contributed by atoms with Crippen LogP contribution in [-0.4, -0.2) is 39.7 Å². The molecule has 1 aromatic rings. The minimum atomic E-state index is -0.390. The number of piperidine rings is 1. The van der Waals surface area contributed by atoms with Crippen molar-refractivity contribution in [3.05, 3.63) is 20.2 Å². The van der Waals surface area contributed by atoms with Crippen molar-refractivity contribution in [3.63, 3.8) is 0 Å². The summed E-state index contributed by atoms with van der Waals surface area (Å²) in [6.07, 6.45) is 1.48. The summed E-state index contributed by atoms with van der Waals surface area (Å²) in [4.78, 5) is 26.8. The first-order chi connectivity index (χ1) is 9.40. The zero-order chi connectivity index (χ0) is 14.9. The number of rotatable bonds is 3. The summed E-state index contributed by atoms with van der Waals surface area (Å²) in [5, 5.41) is 9.67. The molecule has 0 aliphatic carbocycles. The molecule has 5 nitrogen and oxygen atoms in total. The van der Waals surface area contributed by atoms with Gasteiger partial charge in [0, 0.05) is 29.6 Å². The molecule has 2 atom stereocenters. The first-order valence-corrected chi connectivity index (χ1v) is 7.84. The molecule has 0 aromatic carbocycles. The average molecular weight is 298 g/mol. The smallest absolute Gasteiger partial charge is 0.308 e. The Morgan fingerprint density at radius 2 is 2.20 bits per heavy atom. The van der Waals surface area contributed by atoms with Crippen LogP contribution in [0, 0.1) is 19.8 Å². The number of likely N-dealkylation sites (tertiary alicyclic amines) is 1. The molecule has 2 unspecified atom stereocenters. The molecule has 2 rings (SSSR count). The molecule has 6 heteroatoms. The second-order valence-electron chi connectivity index (χ2n) is 5.58. The van der Waals surface area contributed by atoms with Crippen molar-refractivity contribution in [1.82, 2.24) is 9.47 Å². The van der Waals surface area contributed by atoms with Crippen molar-refractivity contribution < 1.29 is 9.90 Å². The Labute approximate surface area is 122 Å². The minimum absolute atomic E-state index is 0.0293. The predicted octanol–water partition coefficient (Wildman–Crippen LogP) is 1.15. The third-order valence-corrected chi connectivity index (χ3v) is 5.16. The van der Waals surface area contributed by atoms with Crippen molar-refractivity contribution in [2.75, 3.05) is 13.1 Å². The lowest BCUT2D eigenvalue weighted by atomic mass is 9.93. The van der Waals surface area contributed by atoms with E-state index < -0.39 is 6.10 Å². The molecule has 1 aliphatic heterocycles. The molecule has 1 fully saturated rings. The van der Waals surface area contributed by atoms with E-state index in [1.807, 2.05) is 13.8 Å².